The minimum atomic E-state index is -1.13. The van der Waals surface area contributed by atoms with E-state index in [4.69, 9.17) is 4.74 Å². The van der Waals surface area contributed by atoms with Crippen molar-refractivity contribution in [1.29, 1.82) is 0 Å². The summed E-state index contributed by atoms with van der Waals surface area (Å²) in [4.78, 5) is 38.8. The summed E-state index contributed by atoms with van der Waals surface area (Å²) < 4.78 is 5.41. The Hall–Kier alpha value is -2.91. The molecule has 9 heteroatoms. The van der Waals surface area contributed by atoms with E-state index >= 15 is 0 Å². The molecule has 0 aromatic heterocycles. The maximum absolute atomic E-state index is 12.7. The Morgan fingerprint density at radius 1 is 1.13 bits per heavy atom. The zero-order valence-electron chi connectivity index (χ0n) is 16.4. The number of β-lactam (4-membered cyclic amide) rings is 1. The number of fused-ring (bicyclic) bond motifs is 1. The number of rotatable bonds is 8. The van der Waals surface area contributed by atoms with Crippen molar-refractivity contribution in [2.45, 2.75) is 17.2 Å². The Morgan fingerprint density at radius 2 is 1.81 bits per heavy atom. The SMILES string of the molecule is O=C(COc1ccccc1)N[C@@H]1C(=O)N2C(C(=O)O)=C(SCc3ccccc3)CS[C@H]12. The molecule has 160 valence electrons. The molecular weight excluding hydrogens is 436 g/mol. The fourth-order valence-electron chi connectivity index (χ4n) is 3.33. The highest BCUT2D eigenvalue weighted by atomic mass is 32.2. The molecule has 0 saturated carbocycles. The third kappa shape index (κ3) is 4.72. The minimum Gasteiger partial charge on any atom is -0.484 e. The van der Waals surface area contributed by atoms with E-state index in [9.17, 15) is 19.5 Å². The van der Waals surface area contributed by atoms with Gasteiger partial charge in [0.15, 0.2) is 6.61 Å². The Balaban J connectivity index is 1.38. The van der Waals surface area contributed by atoms with Crippen molar-refractivity contribution in [2.24, 2.45) is 0 Å². The van der Waals surface area contributed by atoms with E-state index in [1.165, 1.54) is 28.4 Å². The van der Waals surface area contributed by atoms with Gasteiger partial charge in [0.25, 0.3) is 11.8 Å². The normalized spacial score (nSPS) is 20.0. The summed E-state index contributed by atoms with van der Waals surface area (Å²) in [6.07, 6.45) is 0. The second kappa shape index (κ2) is 9.49. The highest BCUT2D eigenvalue weighted by Gasteiger charge is 2.54. The highest BCUT2D eigenvalue weighted by Crippen LogP contribution is 2.44. The molecule has 0 spiro atoms. The number of nitrogens with zero attached hydrogens (tertiary/aromatic N) is 1. The predicted molar refractivity (Wildman–Crippen MR) is 119 cm³/mol. The molecule has 2 atom stereocenters. The molecule has 2 aliphatic heterocycles. The third-order valence-corrected chi connectivity index (χ3v) is 7.45. The molecule has 0 aliphatic carbocycles. The van der Waals surface area contributed by atoms with Crippen LogP contribution in [0, 0.1) is 0 Å². The second-order valence-corrected chi connectivity index (χ2v) is 9.08. The van der Waals surface area contributed by atoms with Crippen LogP contribution in [-0.2, 0) is 20.1 Å². The van der Waals surface area contributed by atoms with Gasteiger partial charge in [0.2, 0.25) is 0 Å². The summed E-state index contributed by atoms with van der Waals surface area (Å²) in [6, 6.07) is 17.9. The molecule has 1 saturated heterocycles. The van der Waals surface area contributed by atoms with Crippen molar-refractivity contribution >= 4 is 41.3 Å². The number of carbonyl (C=O) groups is 3. The maximum atomic E-state index is 12.7. The van der Waals surface area contributed by atoms with Gasteiger partial charge in [-0.15, -0.1) is 23.5 Å². The van der Waals surface area contributed by atoms with Gasteiger partial charge in [0.05, 0.1) is 0 Å². The van der Waals surface area contributed by atoms with Crippen molar-refractivity contribution in [3.63, 3.8) is 0 Å². The molecular formula is C22H20N2O5S2. The molecule has 2 aromatic rings. The molecule has 2 aromatic carbocycles. The molecule has 0 unspecified atom stereocenters. The number of para-hydroxylation sites is 1. The first-order chi connectivity index (χ1) is 15.0. The summed E-state index contributed by atoms with van der Waals surface area (Å²) in [6.45, 7) is -0.217. The van der Waals surface area contributed by atoms with Gasteiger partial charge in [0, 0.05) is 16.4 Å². The largest absolute Gasteiger partial charge is 0.484 e. The van der Waals surface area contributed by atoms with Gasteiger partial charge < -0.3 is 15.2 Å². The molecule has 2 N–H and O–H groups in total. The monoisotopic (exact) mass is 456 g/mol. The molecule has 31 heavy (non-hydrogen) atoms. The topological polar surface area (TPSA) is 95.9 Å². The molecule has 2 amide bonds. The Morgan fingerprint density at radius 3 is 2.48 bits per heavy atom. The van der Waals surface area contributed by atoms with Crippen LogP contribution >= 0.6 is 23.5 Å². The van der Waals surface area contributed by atoms with Crippen molar-refractivity contribution < 1.29 is 24.2 Å². The van der Waals surface area contributed by atoms with E-state index in [0.29, 0.717) is 22.2 Å². The number of benzene rings is 2. The molecule has 4 rings (SSSR count). The van der Waals surface area contributed by atoms with Crippen molar-refractivity contribution in [3.8, 4) is 5.75 Å². The zero-order valence-corrected chi connectivity index (χ0v) is 18.0. The summed E-state index contributed by atoms with van der Waals surface area (Å²) >= 11 is 2.88. The average Bonchev–Trinajstić information content (AvgIpc) is 2.80. The van der Waals surface area contributed by atoms with E-state index in [1.807, 2.05) is 36.4 Å². The van der Waals surface area contributed by atoms with Crippen LogP contribution in [0.2, 0.25) is 0 Å². The molecule has 7 nitrogen and oxygen atoms in total. The lowest BCUT2D eigenvalue weighted by Gasteiger charge is -2.49. The van der Waals surface area contributed by atoms with E-state index in [1.54, 1.807) is 24.3 Å². The molecule has 2 heterocycles. The summed E-state index contributed by atoms with van der Waals surface area (Å²) in [7, 11) is 0. The zero-order chi connectivity index (χ0) is 21.8. The summed E-state index contributed by atoms with van der Waals surface area (Å²) in [5.41, 5.74) is 1.09. The fraction of sp³-hybridized carbons (Fsp3) is 0.227. The van der Waals surface area contributed by atoms with E-state index in [2.05, 4.69) is 5.32 Å². The van der Waals surface area contributed by atoms with Crippen LogP contribution in [0.25, 0.3) is 0 Å². The molecule has 1 fully saturated rings. The van der Waals surface area contributed by atoms with Gasteiger partial charge in [0.1, 0.15) is 22.9 Å². The maximum Gasteiger partial charge on any atom is 0.353 e. The number of carboxylic acid groups (broad SMARTS) is 1. The minimum absolute atomic E-state index is 0.0146. The van der Waals surface area contributed by atoms with Gasteiger partial charge in [-0.3, -0.25) is 14.5 Å². The van der Waals surface area contributed by atoms with E-state index < -0.39 is 29.2 Å². The number of carboxylic acids is 1. The van der Waals surface area contributed by atoms with Crippen LogP contribution in [0.3, 0.4) is 0 Å². The van der Waals surface area contributed by atoms with E-state index in [0.717, 1.165) is 5.56 Å². The standard InChI is InChI=1S/C22H20N2O5S2/c25-17(11-29-15-9-5-2-6-10-15)23-18-20(26)24-19(22(27)28)16(13-31-21(18)24)30-12-14-7-3-1-4-8-14/h1-10,18,21H,11-13H2,(H,23,25)(H,27,28)/t18-,21-/m1/s1. The smallest absolute Gasteiger partial charge is 0.353 e. The summed E-state index contributed by atoms with van der Waals surface area (Å²) in [5, 5.41) is 12.0. The van der Waals surface area contributed by atoms with Crippen LogP contribution in [0.5, 0.6) is 5.75 Å². The number of ether oxygens (including phenoxy) is 1. The Bertz CT molecular complexity index is 1010. The number of hydrogen-bond donors (Lipinski definition) is 2. The van der Waals surface area contributed by atoms with Crippen LogP contribution in [0.4, 0.5) is 0 Å². The fourth-order valence-corrected chi connectivity index (χ4v) is 5.91. The quantitative estimate of drug-likeness (QED) is 0.590. The first-order valence-electron chi connectivity index (χ1n) is 9.59. The van der Waals surface area contributed by atoms with Gasteiger partial charge in [-0.25, -0.2) is 4.79 Å². The Kier molecular flexibility index (Phi) is 6.53. The molecule has 2 aliphatic rings. The lowest BCUT2D eigenvalue weighted by molar-refractivity contribution is -0.150. The first kappa shape index (κ1) is 21.3. The van der Waals surface area contributed by atoms with Crippen LogP contribution in [-0.4, -0.2) is 51.6 Å². The Labute approximate surface area is 187 Å². The molecule has 0 bridgehead atoms. The lowest BCUT2D eigenvalue weighted by atomic mass is 10.1. The van der Waals surface area contributed by atoms with Crippen LogP contribution in [0.1, 0.15) is 5.56 Å². The number of aliphatic carboxylic acids is 1. The van der Waals surface area contributed by atoms with Crippen molar-refractivity contribution in [3.05, 3.63) is 76.8 Å². The first-order valence-corrected chi connectivity index (χ1v) is 11.6. The van der Waals surface area contributed by atoms with Gasteiger partial charge in [-0.2, -0.15) is 0 Å². The number of hydrogen-bond acceptors (Lipinski definition) is 6. The molecule has 0 radical (unpaired) electrons. The van der Waals surface area contributed by atoms with Crippen molar-refractivity contribution in [1.82, 2.24) is 10.2 Å². The third-order valence-electron chi connectivity index (χ3n) is 4.82. The van der Waals surface area contributed by atoms with Gasteiger partial charge in [-0.05, 0) is 17.7 Å². The average molecular weight is 457 g/mol. The number of thioether (sulfide) groups is 2. The highest BCUT2D eigenvalue weighted by molar-refractivity contribution is 8.05. The van der Waals surface area contributed by atoms with Gasteiger partial charge in [-0.1, -0.05) is 48.5 Å². The van der Waals surface area contributed by atoms with Crippen molar-refractivity contribution in [2.75, 3.05) is 12.4 Å². The van der Waals surface area contributed by atoms with Crippen LogP contribution in [0.15, 0.2) is 71.3 Å². The van der Waals surface area contributed by atoms with Crippen LogP contribution < -0.4 is 10.1 Å². The number of nitrogens with one attached hydrogen (secondary N) is 1. The number of amides is 2. The second-order valence-electron chi connectivity index (χ2n) is 6.91. The number of carbonyl (C=O) groups excluding carboxylic acids is 2. The van der Waals surface area contributed by atoms with E-state index in [-0.39, 0.29) is 12.3 Å². The summed E-state index contributed by atoms with van der Waals surface area (Å²) in [5.74, 6) is -0.320. The van der Waals surface area contributed by atoms with Gasteiger partial charge >= 0.3 is 5.97 Å². The predicted octanol–water partition coefficient (Wildman–Crippen LogP) is 2.69. The lowest BCUT2D eigenvalue weighted by Crippen LogP contribution is -2.70.